The highest BCUT2D eigenvalue weighted by Crippen LogP contribution is 2.30. The molecule has 1 aliphatic rings. The topological polar surface area (TPSA) is 69.7 Å². The predicted molar refractivity (Wildman–Crippen MR) is 122 cm³/mol. The highest BCUT2D eigenvalue weighted by atomic mass is 32.2. The molecule has 3 amide bonds. The van der Waals surface area contributed by atoms with Gasteiger partial charge in [0.05, 0.1) is 4.91 Å². The molecule has 2 aromatic rings. The lowest BCUT2D eigenvalue weighted by molar-refractivity contribution is -0.127. The molecule has 1 aliphatic heterocycles. The van der Waals surface area contributed by atoms with E-state index in [-0.39, 0.29) is 6.54 Å². The van der Waals surface area contributed by atoms with Crippen LogP contribution in [-0.2, 0) is 9.59 Å². The largest absolute Gasteiger partial charge is 0.378 e. The van der Waals surface area contributed by atoms with E-state index in [1.165, 1.54) is 0 Å². The van der Waals surface area contributed by atoms with Crippen molar-refractivity contribution in [1.82, 2.24) is 4.90 Å². The van der Waals surface area contributed by atoms with Gasteiger partial charge in [0.15, 0.2) is 0 Å². The number of aryl methyl sites for hydroxylation is 1. The summed E-state index contributed by atoms with van der Waals surface area (Å²) >= 11 is 0.834. The van der Waals surface area contributed by atoms with Gasteiger partial charge < -0.3 is 10.2 Å². The van der Waals surface area contributed by atoms with Crippen molar-refractivity contribution in [2.24, 2.45) is 0 Å². The van der Waals surface area contributed by atoms with Crippen LogP contribution in [0.5, 0.6) is 0 Å². The van der Waals surface area contributed by atoms with E-state index in [9.17, 15) is 14.4 Å². The van der Waals surface area contributed by atoms with Gasteiger partial charge in [0.2, 0.25) is 5.91 Å². The first-order chi connectivity index (χ1) is 14.3. The number of carbonyl (C=O) groups excluding carboxylic acids is 3. The number of allylic oxidation sites excluding steroid dienone is 2. The zero-order chi connectivity index (χ0) is 21.7. The molecule has 2 aromatic carbocycles. The monoisotopic (exact) mass is 421 g/mol. The summed E-state index contributed by atoms with van der Waals surface area (Å²) < 4.78 is 0. The quantitative estimate of drug-likeness (QED) is 0.705. The van der Waals surface area contributed by atoms with Crippen LogP contribution in [0.3, 0.4) is 0 Å². The molecule has 1 heterocycles. The number of amides is 3. The molecule has 1 saturated heterocycles. The Morgan fingerprint density at radius 3 is 2.37 bits per heavy atom. The van der Waals surface area contributed by atoms with Crippen LogP contribution in [0.25, 0.3) is 6.08 Å². The van der Waals surface area contributed by atoms with Crippen molar-refractivity contribution in [2.45, 2.75) is 6.92 Å². The fourth-order valence-corrected chi connectivity index (χ4v) is 3.55. The van der Waals surface area contributed by atoms with Crippen LogP contribution in [0.1, 0.15) is 11.1 Å². The van der Waals surface area contributed by atoms with Crippen LogP contribution in [0.4, 0.5) is 16.2 Å². The highest BCUT2D eigenvalue weighted by molar-refractivity contribution is 8.18. The number of thioether (sulfide) groups is 1. The fraction of sp³-hybridized carbons (Fsp3) is 0.174. The molecule has 0 atom stereocenters. The van der Waals surface area contributed by atoms with E-state index in [4.69, 9.17) is 0 Å². The van der Waals surface area contributed by atoms with Gasteiger partial charge in [0, 0.05) is 25.5 Å². The summed E-state index contributed by atoms with van der Waals surface area (Å²) in [7, 11) is 3.95. The van der Waals surface area contributed by atoms with Gasteiger partial charge in [-0.15, -0.1) is 0 Å². The van der Waals surface area contributed by atoms with Crippen LogP contribution in [0.15, 0.2) is 65.6 Å². The molecule has 1 fully saturated rings. The second-order valence-corrected chi connectivity index (χ2v) is 8.04. The summed E-state index contributed by atoms with van der Waals surface area (Å²) in [5.74, 6) is -0.879. The molecule has 0 unspecified atom stereocenters. The Hall–Kier alpha value is -3.32. The zero-order valence-corrected chi connectivity index (χ0v) is 17.9. The van der Waals surface area contributed by atoms with E-state index in [1.807, 2.05) is 68.4 Å². The second kappa shape index (κ2) is 9.45. The Bertz CT molecular complexity index is 1010. The lowest BCUT2D eigenvalue weighted by atomic mass is 10.2. The molecule has 7 heteroatoms. The van der Waals surface area contributed by atoms with E-state index in [0.717, 1.165) is 33.5 Å². The maximum absolute atomic E-state index is 12.5. The molecule has 0 aromatic heterocycles. The molecule has 0 bridgehead atoms. The van der Waals surface area contributed by atoms with Crippen LogP contribution >= 0.6 is 11.8 Å². The molecule has 0 radical (unpaired) electrons. The van der Waals surface area contributed by atoms with Gasteiger partial charge in [-0.05, 0) is 54.6 Å². The van der Waals surface area contributed by atoms with Gasteiger partial charge in [-0.2, -0.15) is 0 Å². The van der Waals surface area contributed by atoms with Crippen LogP contribution in [-0.4, -0.2) is 42.6 Å². The standard InChI is InChI=1S/C23H23N3O3S/c1-16-7-11-18(12-8-16)24-21(27)15-26-22(28)20(30-23(26)29)6-4-5-17-9-13-19(14-10-17)25(2)3/h4-14H,15H2,1-3H3,(H,24,27). The van der Waals surface area contributed by atoms with Gasteiger partial charge in [-0.25, -0.2) is 0 Å². The number of benzene rings is 2. The van der Waals surface area contributed by atoms with E-state index in [0.29, 0.717) is 10.6 Å². The van der Waals surface area contributed by atoms with Gasteiger partial charge in [0.1, 0.15) is 6.54 Å². The molecule has 0 aliphatic carbocycles. The molecule has 6 nitrogen and oxygen atoms in total. The minimum absolute atomic E-state index is 0.296. The summed E-state index contributed by atoms with van der Waals surface area (Å²) in [6.45, 7) is 1.64. The van der Waals surface area contributed by atoms with Gasteiger partial charge in [0.25, 0.3) is 11.1 Å². The summed E-state index contributed by atoms with van der Waals surface area (Å²) in [5.41, 5.74) is 3.77. The summed E-state index contributed by atoms with van der Waals surface area (Å²) in [5, 5.41) is 2.25. The molecule has 3 rings (SSSR count). The van der Waals surface area contributed by atoms with Gasteiger partial charge >= 0.3 is 0 Å². The maximum atomic E-state index is 12.5. The minimum Gasteiger partial charge on any atom is -0.378 e. The van der Waals surface area contributed by atoms with Crippen LogP contribution in [0.2, 0.25) is 0 Å². The van der Waals surface area contributed by atoms with Gasteiger partial charge in [-0.1, -0.05) is 42.0 Å². The second-order valence-electron chi connectivity index (χ2n) is 7.05. The number of nitrogens with zero attached hydrogens (tertiary/aromatic N) is 2. The van der Waals surface area contributed by atoms with Crippen molar-refractivity contribution in [2.75, 3.05) is 30.9 Å². The van der Waals surface area contributed by atoms with E-state index in [1.54, 1.807) is 24.3 Å². The lowest BCUT2D eigenvalue weighted by Crippen LogP contribution is -2.36. The summed E-state index contributed by atoms with van der Waals surface area (Å²) in [6.07, 6.45) is 5.19. The first-order valence-electron chi connectivity index (χ1n) is 9.39. The molecule has 0 spiro atoms. The van der Waals surface area contributed by atoms with E-state index < -0.39 is 17.1 Å². The zero-order valence-electron chi connectivity index (χ0n) is 17.1. The third-order valence-electron chi connectivity index (χ3n) is 4.46. The Kier molecular flexibility index (Phi) is 6.74. The van der Waals surface area contributed by atoms with Crippen LogP contribution in [0, 0.1) is 6.92 Å². The molecule has 30 heavy (non-hydrogen) atoms. The first kappa shape index (κ1) is 21.4. The minimum atomic E-state index is -0.461. The third-order valence-corrected chi connectivity index (χ3v) is 5.38. The van der Waals surface area contributed by atoms with Crippen molar-refractivity contribution < 1.29 is 14.4 Å². The summed E-state index contributed by atoms with van der Waals surface area (Å²) in [6, 6.07) is 15.2. The predicted octanol–water partition coefficient (Wildman–Crippen LogP) is 4.29. The average Bonchev–Trinajstić information content (AvgIpc) is 2.97. The van der Waals surface area contributed by atoms with Gasteiger partial charge in [-0.3, -0.25) is 19.3 Å². The van der Waals surface area contributed by atoms with E-state index >= 15 is 0 Å². The maximum Gasteiger partial charge on any atom is 0.294 e. The van der Waals surface area contributed by atoms with Crippen molar-refractivity contribution in [3.63, 3.8) is 0 Å². The molecule has 154 valence electrons. The number of rotatable bonds is 6. The van der Waals surface area contributed by atoms with Crippen molar-refractivity contribution >= 4 is 46.3 Å². The van der Waals surface area contributed by atoms with Crippen molar-refractivity contribution in [3.05, 3.63) is 76.7 Å². The van der Waals surface area contributed by atoms with Crippen molar-refractivity contribution in [3.8, 4) is 0 Å². The number of hydrogen-bond acceptors (Lipinski definition) is 5. The van der Waals surface area contributed by atoms with E-state index in [2.05, 4.69) is 5.32 Å². The SMILES string of the molecule is Cc1ccc(NC(=O)CN2C(=O)SC(=CC=Cc3ccc(N(C)C)cc3)C2=O)cc1. The molecular formula is C23H23N3O3S. The number of nitrogens with one attached hydrogen (secondary N) is 1. The number of carbonyl (C=O) groups is 3. The van der Waals surface area contributed by atoms with Crippen molar-refractivity contribution in [1.29, 1.82) is 0 Å². The number of hydrogen-bond donors (Lipinski definition) is 1. The third kappa shape index (κ3) is 5.39. The Labute approximate surface area is 180 Å². The number of anilines is 2. The first-order valence-corrected chi connectivity index (χ1v) is 10.2. The fourth-order valence-electron chi connectivity index (χ4n) is 2.76. The Morgan fingerprint density at radius 1 is 1.07 bits per heavy atom. The molecule has 1 N–H and O–H groups in total. The normalized spacial score (nSPS) is 15.3. The Balaban J connectivity index is 1.60. The smallest absolute Gasteiger partial charge is 0.294 e. The number of imide groups is 1. The average molecular weight is 422 g/mol. The highest BCUT2D eigenvalue weighted by Gasteiger charge is 2.35. The molecule has 0 saturated carbocycles. The lowest BCUT2D eigenvalue weighted by Gasteiger charge is -2.12. The Morgan fingerprint density at radius 2 is 1.73 bits per heavy atom. The molecular weight excluding hydrogens is 398 g/mol. The van der Waals surface area contributed by atoms with Crippen LogP contribution < -0.4 is 10.2 Å². The summed E-state index contributed by atoms with van der Waals surface area (Å²) in [4.78, 5) is 40.2.